The van der Waals surface area contributed by atoms with E-state index in [0.717, 1.165) is 0 Å². The maximum absolute atomic E-state index is 12.8. The summed E-state index contributed by atoms with van der Waals surface area (Å²) in [6.45, 7) is -0.250. The summed E-state index contributed by atoms with van der Waals surface area (Å²) in [6, 6.07) is 5.14. The maximum atomic E-state index is 12.8. The number of alkyl halides is 1. The van der Waals surface area contributed by atoms with Crippen molar-refractivity contribution in [3.05, 3.63) is 29.3 Å². The van der Waals surface area contributed by atoms with E-state index in [1.54, 1.807) is 25.2 Å². The Bertz CT molecular complexity index is 317. The fraction of sp³-hybridized carbons (Fsp3) is 0.455. The second-order valence-electron chi connectivity index (χ2n) is 3.24. The maximum Gasteiger partial charge on any atom is 0.125 e. The average molecular weight is 213 g/mol. The van der Waals surface area contributed by atoms with Crippen LogP contribution in [0.2, 0.25) is 0 Å². The molecule has 1 atom stereocenters. The van der Waals surface area contributed by atoms with Crippen LogP contribution in [0.5, 0.6) is 5.75 Å². The molecule has 1 aromatic rings. The Morgan fingerprint density at radius 2 is 2.27 bits per heavy atom. The molecule has 0 bridgehead atoms. The molecule has 0 spiro atoms. The van der Waals surface area contributed by atoms with Crippen LogP contribution in [0, 0.1) is 0 Å². The first kappa shape index (κ1) is 11.9. The van der Waals surface area contributed by atoms with Crippen molar-refractivity contribution in [3.63, 3.8) is 0 Å². The Balaban J connectivity index is 3.05. The molecule has 1 rings (SSSR count). The molecule has 1 aromatic carbocycles. The van der Waals surface area contributed by atoms with Gasteiger partial charge in [-0.15, -0.1) is 0 Å². The third kappa shape index (κ3) is 2.67. The highest BCUT2D eigenvalue weighted by Gasteiger charge is 2.14. The second kappa shape index (κ2) is 5.68. The van der Waals surface area contributed by atoms with Gasteiger partial charge in [-0.3, -0.25) is 0 Å². The number of aliphatic hydroxyl groups is 1. The zero-order valence-electron chi connectivity index (χ0n) is 8.96. The number of hydrogen-bond acceptors (Lipinski definition) is 3. The van der Waals surface area contributed by atoms with Crippen LogP contribution in [0.3, 0.4) is 0 Å². The third-order valence-corrected chi connectivity index (χ3v) is 2.28. The lowest BCUT2D eigenvalue weighted by molar-refractivity contribution is 0.175. The van der Waals surface area contributed by atoms with Crippen LogP contribution >= 0.6 is 0 Å². The van der Waals surface area contributed by atoms with Crippen LogP contribution in [-0.2, 0) is 6.67 Å². The Kier molecular flexibility index (Phi) is 4.52. The molecular weight excluding hydrogens is 197 g/mol. The van der Waals surface area contributed by atoms with Gasteiger partial charge in [0.2, 0.25) is 0 Å². The molecule has 0 saturated heterocycles. The topological polar surface area (TPSA) is 41.5 Å². The first-order valence-electron chi connectivity index (χ1n) is 4.79. The van der Waals surface area contributed by atoms with E-state index in [4.69, 9.17) is 4.74 Å². The number of methoxy groups -OCH3 is 1. The summed E-state index contributed by atoms with van der Waals surface area (Å²) < 4.78 is 17.9. The number of halogens is 1. The molecule has 0 aliphatic rings. The van der Waals surface area contributed by atoms with Crippen molar-refractivity contribution in [2.24, 2.45) is 0 Å². The van der Waals surface area contributed by atoms with Crippen molar-refractivity contribution in [1.82, 2.24) is 5.32 Å². The van der Waals surface area contributed by atoms with E-state index >= 15 is 0 Å². The van der Waals surface area contributed by atoms with E-state index in [-0.39, 0.29) is 0 Å². The van der Waals surface area contributed by atoms with Crippen LogP contribution in [0.4, 0.5) is 4.39 Å². The van der Waals surface area contributed by atoms with Gasteiger partial charge in [-0.2, -0.15) is 0 Å². The first-order chi connectivity index (χ1) is 7.24. The number of hydrogen-bond donors (Lipinski definition) is 2. The zero-order valence-corrected chi connectivity index (χ0v) is 8.96. The van der Waals surface area contributed by atoms with Crippen molar-refractivity contribution in [1.29, 1.82) is 0 Å². The zero-order chi connectivity index (χ0) is 11.3. The number of nitrogens with one attached hydrogen (secondary N) is 1. The minimum Gasteiger partial charge on any atom is -0.496 e. The molecule has 1 unspecified atom stereocenters. The smallest absolute Gasteiger partial charge is 0.125 e. The number of ether oxygens (including phenoxy) is 1. The third-order valence-electron chi connectivity index (χ3n) is 2.28. The van der Waals surface area contributed by atoms with Crippen molar-refractivity contribution >= 4 is 0 Å². The fourth-order valence-electron chi connectivity index (χ4n) is 1.53. The lowest BCUT2D eigenvalue weighted by atomic mass is 10.0. The second-order valence-corrected chi connectivity index (χ2v) is 3.24. The predicted molar refractivity (Wildman–Crippen MR) is 56.7 cm³/mol. The van der Waals surface area contributed by atoms with Crippen molar-refractivity contribution in [3.8, 4) is 5.75 Å². The lowest BCUT2D eigenvalue weighted by Gasteiger charge is -2.16. The van der Waals surface area contributed by atoms with Crippen molar-refractivity contribution in [2.75, 3.05) is 20.7 Å². The molecular formula is C11H16FNO2. The molecule has 0 heterocycles. The summed E-state index contributed by atoms with van der Waals surface area (Å²) in [4.78, 5) is 0. The monoisotopic (exact) mass is 213 g/mol. The van der Waals surface area contributed by atoms with Crippen LogP contribution < -0.4 is 10.1 Å². The van der Waals surface area contributed by atoms with Crippen LogP contribution in [0.1, 0.15) is 17.2 Å². The van der Waals surface area contributed by atoms with E-state index in [2.05, 4.69) is 5.32 Å². The Morgan fingerprint density at radius 1 is 1.53 bits per heavy atom. The average Bonchev–Trinajstić information content (AvgIpc) is 2.28. The highest BCUT2D eigenvalue weighted by Crippen LogP contribution is 2.27. The molecule has 0 aliphatic heterocycles. The molecule has 0 radical (unpaired) electrons. The molecule has 0 aromatic heterocycles. The minimum atomic E-state index is -0.712. The summed E-state index contributed by atoms with van der Waals surface area (Å²) in [5.74, 6) is 0.477. The molecule has 84 valence electrons. The Hall–Kier alpha value is -1.13. The van der Waals surface area contributed by atoms with Gasteiger partial charge >= 0.3 is 0 Å². The number of benzene rings is 1. The summed E-state index contributed by atoms with van der Waals surface area (Å²) in [7, 11) is 3.22. The molecule has 4 heteroatoms. The van der Waals surface area contributed by atoms with Crippen LogP contribution in [-0.4, -0.2) is 25.8 Å². The van der Waals surface area contributed by atoms with Gasteiger partial charge in [-0.1, -0.05) is 12.1 Å². The number of likely N-dealkylation sites (N-methyl/N-ethyl adjacent to an activating group) is 1. The molecule has 3 nitrogen and oxygen atoms in total. The molecule has 0 saturated carbocycles. The molecule has 2 N–H and O–H groups in total. The minimum absolute atomic E-state index is 0.389. The van der Waals surface area contributed by atoms with Crippen molar-refractivity contribution in [2.45, 2.75) is 12.8 Å². The highest BCUT2D eigenvalue weighted by molar-refractivity contribution is 5.41. The number of aliphatic hydroxyl groups excluding tert-OH is 1. The van der Waals surface area contributed by atoms with Gasteiger partial charge in [0.05, 0.1) is 13.2 Å². The van der Waals surface area contributed by atoms with Gasteiger partial charge in [0.1, 0.15) is 12.4 Å². The van der Waals surface area contributed by atoms with Crippen LogP contribution in [0.25, 0.3) is 0 Å². The first-order valence-corrected chi connectivity index (χ1v) is 4.79. The molecule has 0 amide bonds. The van der Waals surface area contributed by atoms with E-state index in [0.29, 0.717) is 23.4 Å². The van der Waals surface area contributed by atoms with E-state index < -0.39 is 12.8 Å². The van der Waals surface area contributed by atoms with Gasteiger partial charge < -0.3 is 15.2 Å². The largest absolute Gasteiger partial charge is 0.496 e. The SMILES string of the molecule is CNCC(O)c1cccc(OC)c1CF. The fourth-order valence-corrected chi connectivity index (χ4v) is 1.53. The van der Waals surface area contributed by atoms with Gasteiger partial charge in [-0.05, 0) is 18.7 Å². The van der Waals surface area contributed by atoms with Gasteiger partial charge in [0, 0.05) is 12.1 Å². The van der Waals surface area contributed by atoms with Crippen molar-refractivity contribution < 1.29 is 14.2 Å². The standard InChI is InChI=1S/C11H16FNO2/c1-13-7-10(14)8-4-3-5-11(15-2)9(8)6-12/h3-5,10,13-14H,6-7H2,1-2H3. The van der Waals surface area contributed by atoms with E-state index in [9.17, 15) is 9.50 Å². The Labute approximate surface area is 88.9 Å². The summed E-state index contributed by atoms with van der Waals surface area (Å²) in [5, 5.41) is 12.6. The quantitative estimate of drug-likeness (QED) is 0.777. The molecule has 0 aliphatic carbocycles. The summed E-state index contributed by atoms with van der Waals surface area (Å²) in [6.07, 6.45) is -0.712. The summed E-state index contributed by atoms with van der Waals surface area (Å²) in [5.41, 5.74) is 0.994. The Morgan fingerprint density at radius 3 is 2.80 bits per heavy atom. The molecule has 15 heavy (non-hydrogen) atoms. The van der Waals surface area contributed by atoms with Gasteiger partial charge in [0.15, 0.2) is 0 Å². The van der Waals surface area contributed by atoms with Gasteiger partial charge in [-0.25, -0.2) is 4.39 Å². The predicted octanol–water partition coefficient (Wildman–Crippen LogP) is 1.42. The number of rotatable bonds is 5. The van der Waals surface area contributed by atoms with Crippen LogP contribution in [0.15, 0.2) is 18.2 Å². The van der Waals surface area contributed by atoms with E-state index in [1.165, 1.54) is 7.11 Å². The normalized spacial score (nSPS) is 12.5. The highest BCUT2D eigenvalue weighted by atomic mass is 19.1. The van der Waals surface area contributed by atoms with Gasteiger partial charge in [0.25, 0.3) is 0 Å². The van der Waals surface area contributed by atoms with E-state index in [1.807, 2.05) is 0 Å². The molecule has 0 fully saturated rings. The summed E-state index contributed by atoms with van der Waals surface area (Å²) >= 11 is 0. The lowest BCUT2D eigenvalue weighted by Crippen LogP contribution is -2.18.